The molecular formula is C21H25N3O. The van der Waals surface area contributed by atoms with E-state index < -0.39 is 0 Å². The molecule has 4 rings (SSSR count). The quantitative estimate of drug-likeness (QED) is 0.937. The summed E-state index contributed by atoms with van der Waals surface area (Å²) in [4.78, 5) is 19.3. The summed E-state index contributed by atoms with van der Waals surface area (Å²) in [6.07, 6.45) is 5.76. The first-order valence-electron chi connectivity index (χ1n) is 9.29. The van der Waals surface area contributed by atoms with Gasteiger partial charge in [0, 0.05) is 37.7 Å². The molecule has 1 N–H and O–H groups in total. The molecule has 0 radical (unpaired) electrons. The first kappa shape index (κ1) is 16.3. The van der Waals surface area contributed by atoms with Gasteiger partial charge >= 0.3 is 0 Å². The lowest BCUT2D eigenvalue weighted by molar-refractivity contribution is -0.122. The molecule has 1 aromatic heterocycles. The molecule has 2 fully saturated rings. The van der Waals surface area contributed by atoms with Crippen LogP contribution < -0.4 is 5.32 Å². The van der Waals surface area contributed by atoms with Crippen LogP contribution in [0.1, 0.15) is 42.9 Å². The Morgan fingerprint density at radius 2 is 1.92 bits per heavy atom. The van der Waals surface area contributed by atoms with Crippen LogP contribution in [0.4, 0.5) is 0 Å². The van der Waals surface area contributed by atoms with Crippen molar-refractivity contribution in [3.05, 3.63) is 66.0 Å². The number of nitrogens with zero attached hydrogens (tertiary/aromatic N) is 2. The first-order valence-corrected chi connectivity index (χ1v) is 9.29. The lowest BCUT2D eigenvalue weighted by Crippen LogP contribution is -2.47. The number of hydrogen-bond donors (Lipinski definition) is 1. The van der Waals surface area contributed by atoms with Gasteiger partial charge in [-0.1, -0.05) is 42.8 Å². The molecule has 2 aromatic rings. The zero-order valence-corrected chi connectivity index (χ0v) is 14.5. The molecule has 0 spiro atoms. The highest BCUT2D eigenvalue weighted by Gasteiger charge is 2.43. The van der Waals surface area contributed by atoms with Gasteiger partial charge in [0.05, 0.1) is 11.7 Å². The summed E-state index contributed by atoms with van der Waals surface area (Å²) >= 11 is 0. The molecule has 130 valence electrons. The number of carbonyl (C=O) groups is 1. The number of rotatable bonds is 3. The van der Waals surface area contributed by atoms with E-state index in [4.69, 9.17) is 0 Å². The van der Waals surface area contributed by atoms with Crippen LogP contribution >= 0.6 is 0 Å². The van der Waals surface area contributed by atoms with E-state index in [1.165, 1.54) is 5.56 Å². The topological polar surface area (TPSA) is 45.2 Å². The van der Waals surface area contributed by atoms with Crippen molar-refractivity contribution in [2.75, 3.05) is 6.54 Å². The Morgan fingerprint density at radius 3 is 2.72 bits per heavy atom. The molecule has 0 unspecified atom stereocenters. The summed E-state index contributed by atoms with van der Waals surface area (Å²) in [6.45, 7) is 1.82. The van der Waals surface area contributed by atoms with E-state index in [1.54, 1.807) is 0 Å². The highest BCUT2D eigenvalue weighted by molar-refractivity contribution is 5.76. The maximum absolute atomic E-state index is 12.3. The molecular weight excluding hydrogens is 310 g/mol. The van der Waals surface area contributed by atoms with Crippen molar-refractivity contribution in [2.45, 2.75) is 50.2 Å². The molecule has 0 saturated carbocycles. The second-order valence-corrected chi connectivity index (χ2v) is 7.17. The molecule has 0 bridgehead atoms. The second kappa shape index (κ2) is 7.36. The smallest absolute Gasteiger partial charge is 0.220 e. The van der Waals surface area contributed by atoms with Crippen LogP contribution in [-0.4, -0.2) is 34.4 Å². The predicted molar refractivity (Wildman–Crippen MR) is 98.0 cm³/mol. The van der Waals surface area contributed by atoms with Crippen LogP contribution in [-0.2, 0) is 11.3 Å². The van der Waals surface area contributed by atoms with Crippen LogP contribution in [0.5, 0.6) is 0 Å². The lowest BCUT2D eigenvalue weighted by Gasteiger charge is -2.31. The summed E-state index contributed by atoms with van der Waals surface area (Å²) in [6, 6.07) is 17.3. The van der Waals surface area contributed by atoms with Gasteiger partial charge in [-0.15, -0.1) is 0 Å². The molecule has 4 heteroatoms. The summed E-state index contributed by atoms with van der Waals surface area (Å²) in [5, 5.41) is 3.34. The molecule has 25 heavy (non-hydrogen) atoms. The number of benzene rings is 1. The average Bonchev–Trinajstić information content (AvgIpc) is 2.95. The fourth-order valence-corrected chi connectivity index (χ4v) is 4.35. The van der Waals surface area contributed by atoms with E-state index in [9.17, 15) is 4.79 Å². The molecule has 4 nitrogen and oxygen atoms in total. The predicted octanol–water partition coefficient (Wildman–Crippen LogP) is 3.11. The molecule has 2 saturated heterocycles. The standard InChI is InChI=1S/C21H25N3O/c25-20-12-5-4-11-19-21(23-20)18(16-8-2-1-3-9-16)15-24(19)14-17-10-6-7-13-22-17/h1-3,6-10,13,18-19,21H,4-5,11-12,14-15H2,(H,23,25)/t18-,19+,21-/m0/s1. The van der Waals surface area contributed by atoms with E-state index in [2.05, 4.69) is 51.6 Å². The zero-order chi connectivity index (χ0) is 17.1. The number of carbonyl (C=O) groups excluding carboxylic acids is 1. The van der Waals surface area contributed by atoms with E-state index >= 15 is 0 Å². The fraction of sp³-hybridized carbons (Fsp3) is 0.429. The van der Waals surface area contributed by atoms with E-state index in [-0.39, 0.29) is 11.9 Å². The van der Waals surface area contributed by atoms with Crippen molar-refractivity contribution < 1.29 is 4.79 Å². The molecule has 0 aliphatic carbocycles. The number of amides is 1. The number of aromatic nitrogens is 1. The highest BCUT2D eigenvalue weighted by atomic mass is 16.1. The van der Waals surface area contributed by atoms with Crippen LogP contribution in [0.25, 0.3) is 0 Å². The Bertz CT molecular complexity index is 704. The van der Waals surface area contributed by atoms with Gasteiger partial charge in [0.15, 0.2) is 0 Å². The van der Waals surface area contributed by atoms with Gasteiger partial charge in [-0.25, -0.2) is 0 Å². The molecule has 3 atom stereocenters. The lowest BCUT2D eigenvalue weighted by atomic mass is 9.88. The Kier molecular flexibility index (Phi) is 4.79. The number of nitrogens with one attached hydrogen (secondary N) is 1. The first-order chi connectivity index (χ1) is 12.3. The minimum Gasteiger partial charge on any atom is -0.351 e. The number of hydrogen-bond acceptors (Lipinski definition) is 3. The van der Waals surface area contributed by atoms with E-state index in [0.29, 0.717) is 18.4 Å². The van der Waals surface area contributed by atoms with Crippen molar-refractivity contribution in [3.63, 3.8) is 0 Å². The molecule has 2 aliphatic rings. The SMILES string of the molecule is O=C1CCCC[C@@H]2[C@@H](N1)[C@H](c1ccccc1)CN2Cc1ccccn1. The summed E-state index contributed by atoms with van der Waals surface area (Å²) in [7, 11) is 0. The van der Waals surface area contributed by atoms with Gasteiger partial charge in [-0.3, -0.25) is 14.7 Å². The molecule has 1 aromatic carbocycles. The van der Waals surface area contributed by atoms with Crippen LogP contribution in [0.3, 0.4) is 0 Å². The van der Waals surface area contributed by atoms with Crippen molar-refractivity contribution in [3.8, 4) is 0 Å². The van der Waals surface area contributed by atoms with Gasteiger partial charge in [-0.2, -0.15) is 0 Å². The van der Waals surface area contributed by atoms with Crippen LogP contribution in [0.2, 0.25) is 0 Å². The van der Waals surface area contributed by atoms with Gasteiger partial charge in [0.2, 0.25) is 5.91 Å². The minimum absolute atomic E-state index is 0.193. The number of likely N-dealkylation sites (tertiary alicyclic amines) is 1. The van der Waals surface area contributed by atoms with E-state index in [1.807, 2.05) is 18.3 Å². The van der Waals surface area contributed by atoms with Crippen molar-refractivity contribution in [2.24, 2.45) is 0 Å². The normalized spacial score (nSPS) is 27.2. The maximum Gasteiger partial charge on any atom is 0.220 e. The monoisotopic (exact) mass is 335 g/mol. The largest absolute Gasteiger partial charge is 0.351 e. The zero-order valence-electron chi connectivity index (χ0n) is 14.5. The average molecular weight is 335 g/mol. The van der Waals surface area contributed by atoms with Gasteiger partial charge < -0.3 is 5.32 Å². The molecule has 1 amide bonds. The highest BCUT2D eigenvalue weighted by Crippen LogP contribution is 2.36. The minimum atomic E-state index is 0.193. The third kappa shape index (κ3) is 3.59. The van der Waals surface area contributed by atoms with Gasteiger partial charge in [0.25, 0.3) is 0 Å². The second-order valence-electron chi connectivity index (χ2n) is 7.17. The summed E-state index contributed by atoms with van der Waals surface area (Å²) < 4.78 is 0. The Balaban J connectivity index is 1.62. The Labute approximate surface area is 149 Å². The van der Waals surface area contributed by atoms with Crippen molar-refractivity contribution in [1.29, 1.82) is 0 Å². The summed E-state index contributed by atoms with van der Waals surface area (Å²) in [5.41, 5.74) is 2.42. The fourth-order valence-electron chi connectivity index (χ4n) is 4.35. The van der Waals surface area contributed by atoms with Crippen LogP contribution in [0, 0.1) is 0 Å². The third-order valence-corrected chi connectivity index (χ3v) is 5.55. The molecule has 2 aliphatic heterocycles. The maximum atomic E-state index is 12.3. The Morgan fingerprint density at radius 1 is 1.08 bits per heavy atom. The Hall–Kier alpha value is -2.20. The number of pyridine rings is 1. The molecule has 3 heterocycles. The van der Waals surface area contributed by atoms with Crippen LogP contribution in [0.15, 0.2) is 54.7 Å². The summed E-state index contributed by atoms with van der Waals surface area (Å²) in [5.74, 6) is 0.548. The number of fused-ring (bicyclic) bond motifs is 1. The van der Waals surface area contributed by atoms with Crippen molar-refractivity contribution >= 4 is 5.91 Å². The van der Waals surface area contributed by atoms with E-state index in [0.717, 1.165) is 38.0 Å². The van der Waals surface area contributed by atoms with Gasteiger partial charge in [-0.05, 0) is 30.5 Å². The van der Waals surface area contributed by atoms with Gasteiger partial charge in [0.1, 0.15) is 0 Å². The van der Waals surface area contributed by atoms with Crippen molar-refractivity contribution in [1.82, 2.24) is 15.2 Å². The third-order valence-electron chi connectivity index (χ3n) is 5.55.